The molecule has 0 unspecified atom stereocenters. The summed E-state index contributed by atoms with van der Waals surface area (Å²) in [7, 11) is 0. The molecule has 3 heterocycles. The normalized spacial score (nSPS) is 27.1. The first-order valence-corrected chi connectivity index (χ1v) is 8.14. The van der Waals surface area contributed by atoms with Crippen LogP contribution in [0.2, 0.25) is 0 Å². The molecule has 1 amide bonds. The van der Waals surface area contributed by atoms with Crippen molar-refractivity contribution in [3.8, 4) is 0 Å². The fourth-order valence-corrected chi connectivity index (χ4v) is 3.35. The molecule has 0 radical (unpaired) electrons. The number of amides is 1. The molecule has 2 aliphatic rings. The lowest BCUT2D eigenvalue weighted by Crippen LogP contribution is -2.42. The number of aromatic nitrogens is 2. The zero-order valence-corrected chi connectivity index (χ0v) is 13.9. The van der Waals surface area contributed by atoms with E-state index in [4.69, 9.17) is 4.74 Å². The number of halogens is 3. The molecule has 0 spiro atoms. The average Bonchev–Trinajstić information content (AvgIpc) is 3.24. The van der Waals surface area contributed by atoms with Crippen LogP contribution in [-0.2, 0) is 27.0 Å². The number of aryl methyl sites for hydroxylation is 2. The quantitative estimate of drug-likeness (QED) is 0.580. The third kappa shape index (κ3) is 3.46. The maximum atomic E-state index is 12.6. The summed E-state index contributed by atoms with van der Waals surface area (Å²) in [6.07, 6.45) is -1.96. The molecule has 1 aromatic rings. The lowest BCUT2D eigenvalue weighted by atomic mass is 9.82. The maximum Gasteiger partial charge on any atom is 0.435 e. The molecule has 4 atom stereocenters. The number of carboxylic acids is 1. The van der Waals surface area contributed by atoms with Crippen molar-refractivity contribution in [1.82, 2.24) is 15.1 Å². The topological polar surface area (TPSA) is 93.5 Å². The van der Waals surface area contributed by atoms with Crippen LogP contribution in [0.1, 0.15) is 17.8 Å². The average molecular weight is 373 g/mol. The fourth-order valence-electron chi connectivity index (χ4n) is 3.35. The number of ether oxygens (including phenoxy) is 1. The summed E-state index contributed by atoms with van der Waals surface area (Å²) in [5, 5.41) is 15.4. The van der Waals surface area contributed by atoms with E-state index in [2.05, 4.69) is 10.4 Å². The smallest absolute Gasteiger partial charge is 0.435 e. The van der Waals surface area contributed by atoms with Crippen LogP contribution in [-0.4, -0.2) is 45.5 Å². The van der Waals surface area contributed by atoms with Gasteiger partial charge in [0.05, 0.1) is 18.1 Å². The van der Waals surface area contributed by atoms with Gasteiger partial charge in [-0.25, -0.2) is 0 Å². The first kappa shape index (κ1) is 18.4. The van der Waals surface area contributed by atoms with Crippen LogP contribution in [0.15, 0.2) is 18.2 Å². The minimum atomic E-state index is -4.49. The standard InChI is InChI=1S/C16H18F3N3O4/c1-8-7-11(16(17,18)19)21-22(8)6-2-5-20-14(23)12-9-3-4-10(26-9)13(12)15(24)25/h3-4,7,9-10,12-13H,2,5-6H2,1H3,(H,20,23)(H,24,25)/t9-,10-,12+,13-/m0/s1. The number of carboxylic acid groups (broad SMARTS) is 1. The maximum absolute atomic E-state index is 12.6. The predicted octanol–water partition coefficient (Wildman–Crippen LogP) is 1.37. The highest BCUT2D eigenvalue weighted by atomic mass is 19.4. The van der Waals surface area contributed by atoms with Gasteiger partial charge in [-0.1, -0.05) is 12.2 Å². The summed E-state index contributed by atoms with van der Waals surface area (Å²) in [6, 6.07) is 0.967. The Morgan fingerprint density at radius 1 is 1.31 bits per heavy atom. The molecular weight excluding hydrogens is 355 g/mol. The number of hydrogen-bond acceptors (Lipinski definition) is 4. The lowest BCUT2D eigenvalue weighted by molar-refractivity contribution is -0.146. The fraction of sp³-hybridized carbons (Fsp3) is 0.562. The molecule has 7 nitrogen and oxygen atoms in total. The SMILES string of the molecule is Cc1cc(C(F)(F)F)nn1CCCNC(=O)[C@H]1[C@@H](C(=O)O)[C@@H]2C=C[C@@H]1O2. The van der Waals surface area contributed by atoms with E-state index in [0.717, 1.165) is 6.07 Å². The van der Waals surface area contributed by atoms with Crippen molar-refractivity contribution >= 4 is 11.9 Å². The van der Waals surface area contributed by atoms with E-state index in [0.29, 0.717) is 12.1 Å². The van der Waals surface area contributed by atoms with Gasteiger partial charge in [0, 0.05) is 18.8 Å². The van der Waals surface area contributed by atoms with Gasteiger partial charge < -0.3 is 15.2 Å². The predicted molar refractivity (Wildman–Crippen MR) is 82.0 cm³/mol. The molecule has 26 heavy (non-hydrogen) atoms. The van der Waals surface area contributed by atoms with Crippen molar-refractivity contribution in [2.24, 2.45) is 11.8 Å². The molecule has 0 aromatic carbocycles. The van der Waals surface area contributed by atoms with Crippen LogP contribution in [0.4, 0.5) is 13.2 Å². The first-order valence-electron chi connectivity index (χ1n) is 8.14. The largest absolute Gasteiger partial charge is 0.481 e. The van der Waals surface area contributed by atoms with Crippen molar-refractivity contribution in [2.75, 3.05) is 6.54 Å². The van der Waals surface area contributed by atoms with Crippen LogP contribution < -0.4 is 5.32 Å². The summed E-state index contributed by atoms with van der Waals surface area (Å²) in [5.74, 6) is -3.24. The summed E-state index contributed by atoms with van der Waals surface area (Å²) in [6.45, 7) is 1.93. The highest BCUT2D eigenvalue weighted by molar-refractivity contribution is 5.87. The van der Waals surface area contributed by atoms with E-state index < -0.39 is 47.8 Å². The minimum Gasteiger partial charge on any atom is -0.481 e. The van der Waals surface area contributed by atoms with E-state index in [-0.39, 0.29) is 13.1 Å². The molecule has 1 aromatic heterocycles. The second-order valence-electron chi connectivity index (χ2n) is 6.38. The summed E-state index contributed by atoms with van der Waals surface area (Å²) in [4.78, 5) is 23.6. The number of carbonyl (C=O) groups is 2. The Bertz CT molecular complexity index is 744. The number of nitrogens with one attached hydrogen (secondary N) is 1. The molecule has 3 rings (SSSR count). The van der Waals surface area contributed by atoms with Gasteiger partial charge in [0.2, 0.25) is 5.91 Å². The molecule has 0 aliphatic carbocycles. The molecule has 2 aliphatic heterocycles. The van der Waals surface area contributed by atoms with Gasteiger partial charge in [-0.15, -0.1) is 0 Å². The van der Waals surface area contributed by atoms with Gasteiger partial charge in [-0.05, 0) is 19.4 Å². The van der Waals surface area contributed by atoms with Gasteiger partial charge in [-0.2, -0.15) is 18.3 Å². The van der Waals surface area contributed by atoms with Crippen LogP contribution in [0.3, 0.4) is 0 Å². The monoisotopic (exact) mass is 373 g/mol. The van der Waals surface area contributed by atoms with Crippen molar-refractivity contribution in [2.45, 2.75) is 38.3 Å². The van der Waals surface area contributed by atoms with Gasteiger partial charge in [0.25, 0.3) is 0 Å². The number of carbonyl (C=O) groups excluding carboxylic acids is 1. The zero-order chi connectivity index (χ0) is 19.1. The third-order valence-corrected chi connectivity index (χ3v) is 4.60. The highest BCUT2D eigenvalue weighted by Gasteiger charge is 2.53. The molecule has 1 saturated heterocycles. The molecule has 142 valence electrons. The van der Waals surface area contributed by atoms with E-state index in [9.17, 15) is 27.9 Å². The van der Waals surface area contributed by atoms with E-state index in [1.807, 2.05) is 0 Å². The number of rotatable bonds is 6. The number of fused-ring (bicyclic) bond motifs is 2. The Kier molecular flexibility index (Phi) is 4.78. The second-order valence-corrected chi connectivity index (χ2v) is 6.38. The molecule has 0 saturated carbocycles. The van der Waals surface area contributed by atoms with Gasteiger partial charge in [-0.3, -0.25) is 14.3 Å². The molecular formula is C16H18F3N3O4. The van der Waals surface area contributed by atoms with Crippen LogP contribution in [0, 0.1) is 18.8 Å². The van der Waals surface area contributed by atoms with E-state index in [1.165, 1.54) is 11.6 Å². The first-order chi connectivity index (χ1) is 12.2. The van der Waals surface area contributed by atoms with Gasteiger partial charge >= 0.3 is 12.1 Å². The number of aliphatic carboxylic acids is 1. The second kappa shape index (κ2) is 6.75. The Morgan fingerprint density at radius 3 is 2.54 bits per heavy atom. The van der Waals surface area contributed by atoms with E-state index in [1.54, 1.807) is 12.2 Å². The number of hydrogen-bond donors (Lipinski definition) is 2. The van der Waals surface area contributed by atoms with Crippen molar-refractivity contribution < 1.29 is 32.6 Å². The Hall–Kier alpha value is -2.36. The molecule has 10 heteroatoms. The van der Waals surface area contributed by atoms with Crippen molar-refractivity contribution in [1.29, 1.82) is 0 Å². The summed E-state index contributed by atoms with van der Waals surface area (Å²) < 4.78 is 44.5. The van der Waals surface area contributed by atoms with Gasteiger partial charge in [0.15, 0.2) is 5.69 Å². The highest BCUT2D eigenvalue weighted by Crippen LogP contribution is 2.39. The summed E-state index contributed by atoms with van der Waals surface area (Å²) >= 11 is 0. The third-order valence-electron chi connectivity index (χ3n) is 4.60. The Labute approximate surface area is 146 Å². The van der Waals surface area contributed by atoms with Crippen molar-refractivity contribution in [3.63, 3.8) is 0 Å². The van der Waals surface area contributed by atoms with Crippen LogP contribution in [0.25, 0.3) is 0 Å². The number of nitrogens with zero attached hydrogens (tertiary/aromatic N) is 2. The Morgan fingerprint density at radius 2 is 1.96 bits per heavy atom. The number of alkyl halides is 3. The van der Waals surface area contributed by atoms with Crippen LogP contribution >= 0.6 is 0 Å². The van der Waals surface area contributed by atoms with Crippen molar-refractivity contribution in [3.05, 3.63) is 29.6 Å². The van der Waals surface area contributed by atoms with E-state index >= 15 is 0 Å². The molecule has 2 bridgehead atoms. The molecule has 2 N–H and O–H groups in total. The lowest BCUT2D eigenvalue weighted by Gasteiger charge is -2.21. The minimum absolute atomic E-state index is 0.198. The summed E-state index contributed by atoms with van der Waals surface area (Å²) in [5.41, 5.74) is -0.574. The zero-order valence-electron chi connectivity index (χ0n) is 13.9. The van der Waals surface area contributed by atoms with Gasteiger partial charge in [0.1, 0.15) is 5.92 Å². The Balaban J connectivity index is 1.51. The van der Waals surface area contributed by atoms with Crippen LogP contribution in [0.5, 0.6) is 0 Å². The molecule has 1 fully saturated rings.